The number of carbonyl (C=O) groups is 1. The molecule has 0 spiro atoms. The Morgan fingerprint density at radius 2 is 2.31 bits per heavy atom. The van der Waals surface area contributed by atoms with E-state index in [1.807, 2.05) is 13.0 Å². The van der Waals surface area contributed by atoms with Gasteiger partial charge in [-0.2, -0.15) is 0 Å². The Hall–Kier alpha value is -1.38. The van der Waals surface area contributed by atoms with E-state index in [9.17, 15) is 9.18 Å². The average molecular weight is 182 g/mol. The summed E-state index contributed by atoms with van der Waals surface area (Å²) in [6.07, 6.45) is 0. The second-order valence-corrected chi connectivity index (χ2v) is 2.69. The van der Waals surface area contributed by atoms with Crippen molar-refractivity contribution in [1.29, 1.82) is 0 Å². The van der Waals surface area contributed by atoms with Crippen LogP contribution in [0, 0.1) is 6.92 Å². The molecule has 0 aliphatic heterocycles. The number of aryl methyl sites for hydroxylation is 1. The second-order valence-electron chi connectivity index (χ2n) is 2.69. The van der Waals surface area contributed by atoms with Gasteiger partial charge in [0, 0.05) is 0 Å². The van der Waals surface area contributed by atoms with Gasteiger partial charge < -0.3 is 4.74 Å². The third-order valence-corrected chi connectivity index (χ3v) is 1.56. The molecule has 0 fully saturated rings. The van der Waals surface area contributed by atoms with E-state index in [-0.39, 0.29) is 6.61 Å². The molecule has 0 N–H and O–H groups in total. The molecule has 0 bridgehead atoms. The number of esters is 1. The van der Waals surface area contributed by atoms with Crippen LogP contribution >= 0.6 is 0 Å². The van der Waals surface area contributed by atoms with Crippen LogP contribution in [0.4, 0.5) is 4.39 Å². The quantitative estimate of drug-likeness (QED) is 0.669. The Morgan fingerprint density at radius 3 is 2.92 bits per heavy atom. The number of carbonyl (C=O) groups excluding carboxylic acids is 1. The first-order chi connectivity index (χ1) is 6.24. The van der Waals surface area contributed by atoms with Crippen molar-refractivity contribution >= 4 is 5.97 Å². The molecule has 0 aliphatic rings. The first-order valence-corrected chi connectivity index (χ1v) is 4.04. The first kappa shape index (κ1) is 9.71. The average Bonchev–Trinajstić information content (AvgIpc) is 2.14. The second kappa shape index (κ2) is 4.60. The van der Waals surface area contributed by atoms with Gasteiger partial charge in [-0.25, -0.2) is 9.18 Å². The number of hydrogen-bond donors (Lipinski definition) is 0. The molecule has 1 rings (SSSR count). The Bertz CT molecular complexity index is 297. The highest BCUT2D eigenvalue weighted by Gasteiger charge is 2.05. The fraction of sp³-hybridized carbons (Fsp3) is 0.300. The highest BCUT2D eigenvalue weighted by atomic mass is 19.1. The van der Waals surface area contributed by atoms with E-state index in [0.29, 0.717) is 5.56 Å². The number of alkyl halides is 1. The molecule has 0 radical (unpaired) electrons. The molecule has 1 aromatic carbocycles. The van der Waals surface area contributed by atoms with Gasteiger partial charge in [-0.15, -0.1) is 0 Å². The Labute approximate surface area is 76.3 Å². The lowest BCUT2D eigenvalue weighted by Crippen LogP contribution is -2.07. The molecule has 2 nitrogen and oxygen atoms in total. The summed E-state index contributed by atoms with van der Waals surface area (Å²) in [5.74, 6) is -0.471. The summed E-state index contributed by atoms with van der Waals surface area (Å²) < 4.78 is 16.3. The lowest BCUT2D eigenvalue weighted by Gasteiger charge is -2.02. The molecule has 0 heterocycles. The molecule has 0 saturated heterocycles. The topological polar surface area (TPSA) is 26.3 Å². The van der Waals surface area contributed by atoms with Crippen molar-refractivity contribution in [2.45, 2.75) is 6.92 Å². The van der Waals surface area contributed by atoms with Crippen LogP contribution in [0.25, 0.3) is 0 Å². The maximum Gasteiger partial charge on any atom is 0.338 e. The standard InChI is InChI=1S/C10H11FO2/c1-8-3-2-4-9(7-8)10(12)13-6-5-11/h2-4,7H,5-6H2,1H3. The minimum atomic E-state index is -0.641. The van der Waals surface area contributed by atoms with E-state index in [0.717, 1.165) is 5.56 Å². The van der Waals surface area contributed by atoms with Crippen molar-refractivity contribution in [3.8, 4) is 0 Å². The lowest BCUT2D eigenvalue weighted by molar-refractivity contribution is 0.0481. The maximum atomic E-state index is 11.7. The highest BCUT2D eigenvalue weighted by molar-refractivity contribution is 5.89. The van der Waals surface area contributed by atoms with Crippen molar-refractivity contribution in [1.82, 2.24) is 0 Å². The third-order valence-electron chi connectivity index (χ3n) is 1.56. The fourth-order valence-electron chi connectivity index (χ4n) is 0.987. The lowest BCUT2D eigenvalue weighted by atomic mass is 10.1. The monoisotopic (exact) mass is 182 g/mol. The summed E-state index contributed by atoms with van der Waals surface area (Å²) in [7, 11) is 0. The summed E-state index contributed by atoms with van der Waals surface area (Å²) in [5.41, 5.74) is 1.45. The number of hydrogen-bond acceptors (Lipinski definition) is 2. The van der Waals surface area contributed by atoms with Crippen LogP contribution in [0.2, 0.25) is 0 Å². The van der Waals surface area contributed by atoms with Crippen LogP contribution in [0.5, 0.6) is 0 Å². The smallest absolute Gasteiger partial charge is 0.338 e. The summed E-state index contributed by atoms with van der Waals surface area (Å²) in [6, 6.07) is 7.00. The number of halogens is 1. The molecule has 0 amide bonds. The largest absolute Gasteiger partial charge is 0.459 e. The minimum Gasteiger partial charge on any atom is -0.459 e. The molecule has 0 aromatic heterocycles. The molecule has 13 heavy (non-hydrogen) atoms. The highest BCUT2D eigenvalue weighted by Crippen LogP contribution is 2.05. The van der Waals surface area contributed by atoms with Crippen molar-refractivity contribution in [3.05, 3.63) is 35.4 Å². The normalized spacial score (nSPS) is 9.69. The van der Waals surface area contributed by atoms with Crippen molar-refractivity contribution < 1.29 is 13.9 Å². The van der Waals surface area contributed by atoms with Crippen LogP contribution < -0.4 is 0 Å². The van der Waals surface area contributed by atoms with Gasteiger partial charge in [0.25, 0.3) is 0 Å². The van der Waals surface area contributed by atoms with Gasteiger partial charge in [0.2, 0.25) is 0 Å². The van der Waals surface area contributed by atoms with Crippen LogP contribution in [0.1, 0.15) is 15.9 Å². The Balaban J connectivity index is 2.66. The number of rotatable bonds is 3. The predicted octanol–water partition coefficient (Wildman–Crippen LogP) is 2.12. The maximum absolute atomic E-state index is 11.7. The molecule has 0 unspecified atom stereocenters. The van der Waals surface area contributed by atoms with Gasteiger partial charge in [0.05, 0.1) is 5.56 Å². The fourth-order valence-corrected chi connectivity index (χ4v) is 0.987. The van der Waals surface area contributed by atoms with Gasteiger partial charge in [-0.05, 0) is 19.1 Å². The summed E-state index contributed by atoms with van der Waals surface area (Å²) in [5, 5.41) is 0. The van der Waals surface area contributed by atoms with Crippen molar-refractivity contribution in [3.63, 3.8) is 0 Å². The van der Waals surface area contributed by atoms with E-state index >= 15 is 0 Å². The molecule has 0 aliphatic carbocycles. The summed E-state index contributed by atoms with van der Waals surface area (Å²) in [4.78, 5) is 11.2. The van der Waals surface area contributed by atoms with Crippen LogP contribution in [0.3, 0.4) is 0 Å². The number of benzene rings is 1. The molecule has 0 saturated carbocycles. The minimum absolute atomic E-state index is 0.174. The zero-order valence-electron chi connectivity index (χ0n) is 7.42. The third kappa shape index (κ3) is 2.86. The van der Waals surface area contributed by atoms with Gasteiger partial charge in [-0.1, -0.05) is 17.7 Å². The summed E-state index contributed by atoms with van der Waals surface area (Å²) in [6.45, 7) is 1.07. The van der Waals surface area contributed by atoms with Crippen molar-refractivity contribution in [2.75, 3.05) is 13.3 Å². The zero-order valence-corrected chi connectivity index (χ0v) is 7.42. The van der Waals surface area contributed by atoms with Gasteiger partial charge in [0.15, 0.2) is 0 Å². The Kier molecular flexibility index (Phi) is 3.43. The molecule has 1 aromatic rings. The summed E-state index contributed by atoms with van der Waals surface area (Å²) >= 11 is 0. The first-order valence-electron chi connectivity index (χ1n) is 4.04. The van der Waals surface area contributed by atoms with Crippen LogP contribution in [-0.2, 0) is 4.74 Å². The van der Waals surface area contributed by atoms with Gasteiger partial charge in [0.1, 0.15) is 13.3 Å². The van der Waals surface area contributed by atoms with E-state index in [4.69, 9.17) is 0 Å². The van der Waals surface area contributed by atoms with E-state index in [2.05, 4.69) is 4.74 Å². The molecular weight excluding hydrogens is 171 g/mol. The van der Waals surface area contributed by atoms with Crippen molar-refractivity contribution in [2.24, 2.45) is 0 Å². The molecule has 0 atom stereocenters. The molecule has 3 heteroatoms. The van der Waals surface area contributed by atoms with Gasteiger partial charge in [-0.3, -0.25) is 0 Å². The predicted molar refractivity (Wildman–Crippen MR) is 47.4 cm³/mol. The van der Waals surface area contributed by atoms with Crippen LogP contribution in [-0.4, -0.2) is 19.3 Å². The number of ether oxygens (including phenoxy) is 1. The van der Waals surface area contributed by atoms with E-state index in [1.54, 1.807) is 18.2 Å². The zero-order chi connectivity index (χ0) is 9.68. The SMILES string of the molecule is Cc1cccc(C(=O)OCCF)c1. The van der Waals surface area contributed by atoms with Crippen LogP contribution in [0.15, 0.2) is 24.3 Å². The van der Waals surface area contributed by atoms with E-state index < -0.39 is 12.6 Å². The molecular formula is C10H11FO2. The van der Waals surface area contributed by atoms with Gasteiger partial charge >= 0.3 is 5.97 Å². The molecule has 70 valence electrons. The van der Waals surface area contributed by atoms with E-state index in [1.165, 1.54) is 0 Å². The Morgan fingerprint density at radius 1 is 1.54 bits per heavy atom.